The fourth-order valence-electron chi connectivity index (χ4n) is 0.956. The van der Waals surface area contributed by atoms with E-state index in [4.69, 9.17) is 5.73 Å². The Kier molecular flexibility index (Phi) is 3.87. The zero-order chi connectivity index (χ0) is 10.4. The number of amides is 1. The van der Waals surface area contributed by atoms with Crippen LogP contribution in [-0.2, 0) is 0 Å². The highest BCUT2D eigenvalue weighted by molar-refractivity contribution is 5.92. The molecule has 5 nitrogen and oxygen atoms in total. The molecule has 0 bridgehead atoms. The van der Waals surface area contributed by atoms with Crippen LogP contribution in [0.5, 0.6) is 0 Å². The van der Waals surface area contributed by atoms with Crippen LogP contribution in [0.2, 0.25) is 0 Å². The standard InChI is InChI=1S/C9H14N4O/c1-7-6-8(13-12-7)9(14)11-5-3-2-4-10/h2-3,6H,4-5,10H2,1H3,(H,11,14)(H,12,13)/b3-2+. The first kappa shape index (κ1) is 10.5. The molecule has 0 aliphatic heterocycles. The van der Waals surface area contributed by atoms with Crippen molar-refractivity contribution in [1.82, 2.24) is 15.5 Å². The van der Waals surface area contributed by atoms with Crippen LogP contribution in [-0.4, -0.2) is 29.2 Å². The lowest BCUT2D eigenvalue weighted by Gasteiger charge is -1.96. The monoisotopic (exact) mass is 194 g/mol. The second-order valence-electron chi connectivity index (χ2n) is 2.85. The van der Waals surface area contributed by atoms with Gasteiger partial charge in [-0.25, -0.2) is 0 Å². The number of nitrogens with one attached hydrogen (secondary N) is 2. The van der Waals surface area contributed by atoms with Crippen molar-refractivity contribution in [3.63, 3.8) is 0 Å². The maximum atomic E-state index is 11.4. The van der Waals surface area contributed by atoms with Crippen LogP contribution in [0.25, 0.3) is 0 Å². The van der Waals surface area contributed by atoms with Gasteiger partial charge in [-0.05, 0) is 13.0 Å². The summed E-state index contributed by atoms with van der Waals surface area (Å²) >= 11 is 0. The van der Waals surface area contributed by atoms with Gasteiger partial charge in [0.2, 0.25) is 0 Å². The van der Waals surface area contributed by atoms with Gasteiger partial charge in [-0.1, -0.05) is 12.2 Å². The van der Waals surface area contributed by atoms with Gasteiger partial charge >= 0.3 is 0 Å². The number of H-pyrrole nitrogens is 1. The van der Waals surface area contributed by atoms with E-state index in [9.17, 15) is 4.79 Å². The van der Waals surface area contributed by atoms with Gasteiger partial charge in [0.05, 0.1) is 0 Å². The number of carbonyl (C=O) groups is 1. The van der Waals surface area contributed by atoms with Crippen molar-refractivity contribution in [3.05, 3.63) is 29.6 Å². The van der Waals surface area contributed by atoms with E-state index >= 15 is 0 Å². The number of aromatic nitrogens is 2. The molecule has 0 atom stereocenters. The molecule has 0 aromatic carbocycles. The first-order valence-electron chi connectivity index (χ1n) is 4.39. The fourth-order valence-corrected chi connectivity index (χ4v) is 0.956. The Hall–Kier alpha value is -1.62. The number of aryl methyl sites for hydroxylation is 1. The molecule has 0 spiro atoms. The molecule has 0 aliphatic carbocycles. The summed E-state index contributed by atoms with van der Waals surface area (Å²) in [5.41, 5.74) is 6.52. The van der Waals surface area contributed by atoms with Crippen molar-refractivity contribution in [3.8, 4) is 0 Å². The molecule has 1 rings (SSSR count). The summed E-state index contributed by atoms with van der Waals surface area (Å²) in [7, 11) is 0. The van der Waals surface area contributed by atoms with Gasteiger partial charge in [0.15, 0.2) is 0 Å². The third-order valence-electron chi connectivity index (χ3n) is 1.62. The molecule has 0 aliphatic rings. The van der Waals surface area contributed by atoms with Crippen molar-refractivity contribution < 1.29 is 4.79 Å². The normalized spacial score (nSPS) is 10.7. The molecule has 0 saturated heterocycles. The number of hydrogen-bond donors (Lipinski definition) is 3. The highest BCUT2D eigenvalue weighted by Crippen LogP contribution is 1.96. The molecular formula is C9H14N4O. The van der Waals surface area contributed by atoms with Crippen molar-refractivity contribution in [2.45, 2.75) is 6.92 Å². The van der Waals surface area contributed by atoms with Crippen LogP contribution >= 0.6 is 0 Å². The second-order valence-corrected chi connectivity index (χ2v) is 2.85. The minimum Gasteiger partial charge on any atom is -0.347 e. The number of nitrogens with two attached hydrogens (primary N) is 1. The van der Waals surface area contributed by atoms with E-state index in [0.29, 0.717) is 18.8 Å². The van der Waals surface area contributed by atoms with Crippen molar-refractivity contribution >= 4 is 5.91 Å². The smallest absolute Gasteiger partial charge is 0.272 e. The van der Waals surface area contributed by atoms with Crippen LogP contribution in [0.1, 0.15) is 16.2 Å². The predicted octanol–water partition coefficient (Wildman–Crippen LogP) is -0.0372. The minimum absolute atomic E-state index is 0.184. The summed E-state index contributed by atoms with van der Waals surface area (Å²) in [6.07, 6.45) is 3.59. The van der Waals surface area contributed by atoms with E-state index in [1.807, 2.05) is 6.92 Å². The van der Waals surface area contributed by atoms with Gasteiger partial charge in [-0.2, -0.15) is 5.10 Å². The SMILES string of the molecule is Cc1cc(C(=O)NC/C=C/CN)n[nH]1. The molecule has 0 unspecified atom stereocenters. The number of rotatable bonds is 4. The largest absolute Gasteiger partial charge is 0.347 e. The predicted molar refractivity (Wildman–Crippen MR) is 53.9 cm³/mol. The first-order valence-corrected chi connectivity index (χ1v) is 4.39. The van der Waals surface area contributed by atoms with E-state index in [0.717, 1.165) is 5.69 Å². The van der Waals surface area contributed by atoms with Gasteiger partial charge < -0.3 is 11.1 Å². The van der Waals surface area contributed by atoms with E-state index in [1.165, 1.54) is 0 Å². The highest BCUT2D eigenvalue weighted by atomic mass is 16.1. The lowest BCUT2D eigenvalue weighted by molar-refractivity contribution is 0.0953. The van der Waals surface area contributed by atoms with Gasteiger partial charge in [0, 0.05) is 18.8 Å². The first-order chi connectivity index (χ1) is 6.74. The lowest BCUT2D eigenvalue weighted by atomic mass is 10.3. The zero-order valence-corrected chi connectivity index (χ0v) is 8.08. The summed E-state index contributed by atoms with van der Waals surface area (Å²) in [6.45, 7) is 2.80. The lowest BCUT2D eigenvalue weighted by Crippen LogP contribution is -2.23. The molecule has 14 heavy (non-hydrogen) atoms. The summed E-state index contributed by atoms with van der Waals surface area (Å²) in [6, 6.07) is 1.70. The Balaban J connectivity index is 2.39. The Bertz CT molecular complexity index is 329. The summed E-state index contributed by atoms with van der Waals surface area (Å²) in [5, 5.41) is 9.21. The fraction of sp³-hybridized carbons (Fsp3) is 0.333. The average molecular weight is 194 g/mol. The van der Waals surface area contributed by atoms with Crippen LogP contribution in [0, 0.1) is 6.92 Å². The Morgan fingerprint density at radius 1 is 1.71 bits per heavy atom. The van der Waals surface area contributed by atoms with E-state index in [-0.39, 0.29) is 5.91 Å². The molecule has 76 valence electrons. The molecular weight excluding hydrogens is 180 g/mol. The number of hydrogen-bond acceptors (Lipinski definition) is 3. The van der Waals surface area contributed by atoms with E-state index < -0.39 is 0 Å². The average Bonchev–Trinajstić information content (AvgIpc) is 2.59. The molecule has 1 heterocycles. The van der Waals surface area contributed by atoms with Gasteiger partial charge in [-0.3, -0.25) is 9.89 Å². The van der Waals surface area contributed by atoms with Crippen LogP contribution in [0.15, 0.2) is 18.2 Å². The zero-order valence-electron chi connectivity index (χ0n) is 8.08. The van der Waals surface area contributed by atoms with Crippen molar-refractivity contribution in [1.29, 1.82) is 0 Å². The number of carbonyl (C=O) groups excluding carboxylic acids is 1. The third kappa shape index (κ3) is 3.02. The minimum atomic E-state index is -0.184. The molecule has 0 fully saturated rings. The maximum Gasteiger partial charge on any atom is 0.272 e. The summed E-state index contributed by atoms with van der Waals surface area (Å²) < 4.78 is 0. The molecule has 1 amide bonds. The molecule has 4 N–H and O–H groups in total. The molecule has 1 aromatic rings. The van der Waals surface area contributed by atoms with Crippen LogP contribution < -0.4 is 11.1 Å². The third-order valence-corrected chi connectivity index (χ3v) is 1.62. The van der Waals surface area contributed by atoms with Gasteiger partial charge in [0.25, 0.3) is 5.91 Å². The Morgan fingerprint density at radius 3 is 3.07 bits per heavy atom. The topological polar surface area (TPSA) is 83.8 Å². The Morgan fingerprint density at radius 2 is 2.50 bits per heavy atom. The van der Waals surface area contributed by atoms with Crippen LogP contribution in [0.4, 0.5) is 0 Å². The van der Waals surface area contributed by atoms with Crippen molar-refractivity contribution in [2.24, 2.45) is 5.73 Å². The quantitative estimate of drug-likeness (QED) is 0.588. The maximum absolute atomic E-state index is 11.4. The summed E-state index contributed by atoms with van der Waals surface area (Å²) in [4.78, 5) is 11.4. The van der Waals surface area contributed by atoms with E-state index in [2.05, 4.69) is 15.5 Å². The molecule has 1 aromatic heterocycles. The molecule has 5 heteroatoms. The molecule has 0 radical (unpaired) electrons. The van der Waals surface area contributed by atoms with E-state index in [1.54, 1.807) is 18.2 Å². The van der Waals surface area contributed by atoms with Crippen LogP contribution in [0.3, 0.4) is 0 Å². The summed E-state index contributed by atoms with van der Waals surface area (Å²) in [5.74, 6) is -0.184. The van der Waals surface area contributed by atoms with Gasteiger partial charge in [0.1, 0.15) is 5.69 Å². The second kappa shape index (κ2) is 5.18. The van der Waals surface area contributed by atoms with Crippen molar-refractivity contribution in [2.75, 3.05) is 13.1 Å². The Labute approximate surface area is 82.4 Å². The molecule has 0 saturated carbocycles. The van der Waals surface area contributed by atoms with Gasteiger partial charge in [-0.15, -0.1) is 0 Å². The number of nitrogens with zero attached hydrogens (tertiary/aromatic N) is 1. The number of aromatic amines is 1. The highest BCUT2D eigenvalue weighted by Gasteiger charge is 2.06.